The molecule has 0 atom stereocenters. The average Bonchev–Trinajstić information content (AvgIpc) is 2.60. The molecule has 138 valence electrons. The highest BCUT2D eigenvalue weighted by molar-refractivity contribution is 7.80. The summed E-state index contributed by atoms with van der Waals surface area (Å²) in [7, 11) is 1.45. The zero-order valence-electron chi connectivity index (χ0n) is 14.4. The Kier molecular flexibility index (Phi) is 5.51. The number of methoxy groups -OCH3 is 1. The lowest BCUT2D eigenvalue weighted by Crippen LogP contribution is -2.54. The third-order valence-electron chi connectivity index (χ3n) is 3.93. The van der Waals surface area contributed by atoms with Crippen molar-refractivity contribution >= 4 is 64.1 Å². The molecule has 1 saturated heterocycles. The van der Waals surface area contributed by atoms with E-state index >= 15 is 0 Å². The maximum absolute atomic E-state index is 12.9. The van der Waals surface area contributed by atoms with E-state index in [1.165, 1.54) is 18.1 Å². The monoisotopic (exact) mass is 420 g/mol. The lowest BCUT2D eigenvalue weighted by atomic mass is 10.1. The van der Waals surface area contributed by atoms with E-state index < -0.39 is 11.8 Å². The van der Waals surface area contributed by atoms with Gasteiger partial charge < -0.3 is 4.74 Å². The van der Waals surface area contributed by atoms with E-state index in [4.69, 9.17) is 40.2 Å². The summed E-state index contributed by atoms with van der Waals surface area (Å²) in [5, 5.41) is 3.10. The molecule has 1 aliphatic heterocycles. The summed E-state index contributed by atoms with van der Waals surface area (Å²) in [6.07, 6.45) is 1.41. The van der Waals surface area contributed by atoms with Gasteiger partial charge in [0.2, 0.25) is 0 Å². The van der Waals surface area contributed by atoms with E-state index in [0.29, 0.717) is 17.0 Å². The number of benzene rings is 2. The van der Waals surface area contributed by atoms with Gasteiger partial charge in [0.1, 0.15) is 5.57 Å². The molecule has 5 nitrogen and oxygen atoms in total. The Hall–Kier alpha value is -2.41. The second-order valence-electron chi connectivity index (χ2n) is 5.81. The number of carbonyl (C=O) groups excluding carboxylic acids is 2. The quantitative estimate of drug-likeness (QED) is 0.460. The number of halogens is 2. The summed E-state index contributed by atoms with van der Waals surface area (Å²) < 4.78 is 5.11. The molecule has 2 amide bonds. The zero-order valence-corrected chi connectivity index (χ0v) is 16.7. The normalized spacial score (nSPS) is 15.9. The lowest BCUT2D eigenvalue weighted by molar-refractivity contribution is -0.122. The van der Waals surface area contributed by atoms with Crippen LogP contribution >= 0.6 is 35.4 Å². The highest BCUT2D eigenvalue weighted by atomic mass is 35.5. The molecule has 1 aliphatic rings. The first-order valence-corrected chi connectivity index (χ1v) is 8.99. The zero-order chi connectivity index (χ0) is 19.7. The van der Waals surface area contributed by atoms with E-state index in [2.05, 4.69) is 5.32 Å². The van der Waals surface area contributed by atoms with Gasteiger partial charge in [0, 0.05) is 0 Å². The van der Waals surface area contributed by atoms with Gasteiger partial charge in [0.15, 0.2) is 10.9 Å². The van der Waals surface area contributed by atoms with Crippen LogP contribution < -0.4 is 15.0 Å². The van der Waals surface area contributed by atoms with Gasteiger partial charge in [-0.05, 0) is 55.0 Å². The molecule has 1 fully saturated rings. The first-order valence-electron chi connectivity index (χ1n) is 7.83. The van der Waals surface area contributed by atoms with Crippen molar-refractivity contribution in [2.75, 3.05) is 12.0 Å². The first-order chi connectivity index (χ1) is 12.8. The van der Waals surface area contributed by atoms with Gasteiger partial charge in [-0.3, -0.25) is 19.8 Å². The van der Waals surface area contributed by atoms with Crippen LogP contribution in [0.4, 0.5) is 5.69 Å². The van der Waals surface area contributed by atoms with Gasteiger partial charge in [-0.25, -0.2) is 0 Å². The minimum absolute atomic E-state index is 0.0248. The third kappa shape index (κ3) is 3.83. The van der Waals surface area contributed by atoms with E-state index in [-0.39, 0.29) is 20.7 Å². The number of amides is 2. The van der Waals surface area contributed by atoms with Gasteiger partial charge >= 0.3 is 0 Å². The average molecular weight is 421 g/mol. The number of hydrogen-bond donors (Lipinski definition) is 1. The van der Waals surface area contributed by atoms with Crippen molar-refractivity contribution < 1.29 is 14.3 Å². The van der Waals surface area contributed by atoms with Crippen molar-refractivity contribution in [2.45, 2.75) is 6.92 Å². The number of nitrogens with one attached hydrogen (secondary N) is 1. The van der Waals surface area contributed by atoms with E-state index in [1.807, 2.05) is 19.1 Å². The van der Waals surface area contributed by atoms with Crippen LogP contribution in [0.15, 0.2) is 42.0 Å². The van der Waals surface area contributed by atoms with E-state index in [9.17, 15) is 9.59 Å². The predicted octanol–water partition coefficient (Wildman–Crippen LogP) is 4.14. The minimum Gasteiger partial charge on any atom is -0.494 e. The van der Waals surface area contributed by atoms with Crippen molar-refractivity contribution in [3.05, 3.63) is 63.1 Å². The molecule has 2 aromatic rings. The van der Waals surface area contributed by atoms with Gasteiger partial charge in [-0.2, -0.15) is 0 Å². The highest BCUT2D eigenvalue weighted by Gasteiger charge is 2.34. The Balaban J connectivity index is 2.03. The molecule has 0 aromatic heterocycles. The molecule has 3 rings (SSSR count). The molecular weight excluding hydrogens is 407 g/mol. The Morgan fingerprint density at radius 2 is 1.70 bits per heavy atom. The summed E-state index contributed by atoms with van der Waals surface area (Å²) in [6.45, 7) is 1.93. The number of carbonyl (C=O) groups is 2. The Morgan fingerprint density at radius 3 is 2.26 bits per heavy atom. The molecule has 0 aliphatic carbocycles. The van der Waals surface area contributed by atoms with Crippen LogP contribution in [0, 0.1) is 6.92 Å². The van der Waals surface area contributed by atoms with Crippen molar-refractivity contribution in [3.8, 4) is 5.75 Å². The number of nitrogens with zero attached hydrogens (tertiary/aromatic N) is 1. The summed E-state index contributed by atoms with van der Waals surface area (Å²) >= 11 is 17.4. The summed E-state index contributed by atoms with van der Waals surface area (Å²) in [5.74, 6) is -0.797. The second-order valence-corrected chi connectivity index (χ2v) is 7.01. The molecule has 0 spiro atoms. The predicted molar refractivity (Wildman–Crippen MR) is 110 cm³/mol. The topological polar surface area (TPSA) is 58.6 Å². The largest absolute Gasteiger partial charge is 0.494 e. The smallest absolute Gasteiger partial charge is 0.270 e. The van der Waals surface area contributed by atoms with Crippen LogP contribution in [0.5, 0.6) is 5.75 Å². The number of anilines is 1. The number of hydrogen-bond acceptors (Lipinski definition) is 4. The lowest BCUT2D eigenvalue weighted by Gasteiger charge is -2.29. The summed E-state index contributed by atoms with van der Waals surface area (Å²) in [4.78, 5) is 26.6. The van der Waals surface area contributed by atoms with Gasteiger partial charge in [-0.1, -0.05) is 40.9 Å². The van der Waals surface area contributed by atoms with Crippen LogP contribution in [0.2, 0.25) is 10.0 Å². The molecular formula is C19H14Cl2N2O3S. The molecule has 8 heteroatoms. The van der Waals surface area contributed by atoms with Crippen molar-refractivity contribution in [1.29, 1.82) is 0 Å². The van der Waals surface area contributed by atoms with Crippen LogP contribution in [0.1, 0.15) is 11.1 Å². The fourth-order valence-corrected chi connectivity index (χ4v) is 3.55. The maximum atomic E-state index is 12.9. The molecule has 1 N–H and O–H groups in total. The Morgan fingerprint density at radius 1 is 1.11 bits per heavy atom. The molecule has 0 bridgehead atoms. The fraction of sp³-hybridized carbons (Fsp3) is 0.105. The van der Waals surface area contributed by atoms with Crippen LogP contribution in [0.25, 0.3) is 6.08 Å². The summed E-state index contributed by atoms with van der Waals surface area (Å²) in [5.41, 5.74) is 2.01. The SMILES string of the molecule is COc1c(Cl)cc(/C=C2\C(=O)NC(=S)N(c3ccc(C)cc3)C2=O)cc1Cl. The number of thiocarbonyl (C=S) groups is 1. The number of aryl methyl sites for hydroxylation is 1. The number of rotatable bonds is 3. The minimum atomic E-state index is -0.587. The van der Waals surface area contributed by atoms with Crippen molar-refractivity contribution in [2.24, 2.45) is 0 Å². The van der Waals surface area contributed by atoms with Crippen LogP contribution in [-0.4, -0.2) is 24.0 Å². The fourth-order valence-electron chi connectivity index (χ4n) is 2.61. The molecule has 27 heavy (non-hydrogen) atoms. The first kappa shape index (κ1) is 19.4. The molecule has 0 saturated carbocycles. The van der Waals surface area contributed by atoms with E-state index in [0.717, 1.165) is 5.56 Å². The van der Waals surface area contributed by atoms with Crippen molar-refractivity contribution in [1.82, 2.24) is 5.32 Å². The Bertz CT molecular complexity index is 964. The van der Waals surface area contributed by atoms with Gasteiger partial charge in [-0.15, -0.1) is 0 Å². The number of ether oxygens (including phenoxy) is 1. The van der Waals surface area contributed by atoms with Crippen molar-refractivity contribution in [3.63, 3.8) is 0 Å². The van der Waals surface area contributed by atoms with Crippen LogP contribution in [0.3, 0.4) is 0 Å². The molecule has 0 radical (unpaired) electrons. The molecule has 2 aromatic carbocycles. The van der Waals surface area contributed by atoms with E-state index in [1.54, 1.807) is 24.3 Å². The van der Waals surface area contributed by atoms with Gasteiger partial charge in [0.05, 0.1) is 22.8 Å². The van der Waals surface area contributed by atoms with Gasteiger partial charge in [0.25, 0.3) is 11.8 Å². The molecule has 1 heterocycles. The third-order valence-corrected chi connectivity index (χ3v) is 4.78. The Labute approximate surface area is 171 Å². The van der Waals surface area contributed by atoms with Crippen LogP contribution in [-0.2, 0) is 9.59 Å². The standard InChI is InChI=1S/C19H14Cl2N2O3S/c1-10-3-5-12(6-4-10)23-18(25)13(17(24)22-19(23)27)7-11-8-14(20)16(26-2)15(21)9-11/h3-9H,1-2H3,(H,22,24,27)/b13-7+. The maximum Gasteiger partial charge on any atom is 0.270 e. The summed E-state index contributed by atoms with van der Waals surface area (Å²) in [6, 6.07) is 10.3. The second kappa shape index (κ2) is 7.68. The highest BCUT2D eigenvalue weighted by Crippen LogP contribution is 2.34. The molecule has 0 unspecified atom stereocenters.